The van der Waals surface area contributed by atoms with E-state index in [1.807, 2.05) is 33.8 Å². The minimum absolute atomic E-state index is 0.0901. The van der Waals surface area contributed by atoms with Crippen LogP contribution in [0.5, 0.6) is 0 Å². The number of hydrogen-bond acceptors (Lipinski definition) is 4. The molecule has 7 heteroatoms. The average molecular weight is 344 g/mol. The van der Waals surface area contributed by atoms with Gasteiger partial charge in [-0.05, 0) is 44.4 Å². The smallest absolute Gasteiger partial charge is 0.348 e. The molecule has 1 unspecified atom stereocenters. The molecule has 1 atom stereocenters. The lowest BCUT2D eigenvalue weighted by Crippen LogP contribution is -2.46. The summed E-state index contributed by atoms with van der Waals surface area (Å²) in [6.07, 6.45) is 1.33. The molecule has 0 bridgehead atoms. The monoisotopic (exact) mass is 344 g/mol. The van der Waals surface area contributed by atoms with Crippen molar-refractivity contribution in [2.24, 2.45) is 0 Å². The fourth-order valence-corrected chi connectivity index (χ4v) is 2.40. The maximum Gasteiger partial charge on any atom is 0.352 e. The van der Waals surface area contributed by atoms with E-state index in [1.54, 1.807) is 18.2 Å². The third kappa shape index (κ3) is 4.04. The first kappa shape index (κ1) is 18.6. The van der Waals surface area contributed by atoms with E-state index in [9.17, 15) is 14.4 Å². The van der Waals surface area contributed by atoms with E-state index in [4.69, 9.17) is 0 Å². The molecule has 1 heterocycles. The molecular formula is C18H24N4O3. The van der Waals surface area contributed by atoms with Crippen molar-refractivity contribution in [2.75, 3.05) is 0 Å². The van der Waals surface area contributed by atoms with Gasteiger partial charge >= 0.3 is 5.69 Å². The summed E-state index contributed by atoms with van der Waals surface area (Å²) in [6.45, 7) is 7.77. The normalized spacial score (nSPS) is 12.0. The summed E-state index contributed by atoms with van der Waals surface area (Å²) in [5.41, 5.74) is 0.00134. The average Bonchev–Trinajstić information content (AvgIpc) is 2.58. The quantitative estimate of drug-likeness (QED) is 0.863. The van der Waals surface area contributed by atoms with Gasteiger partial charge in [0.1, 0.15) is 0 Å². The van der Waals surface area contributed by atoms with Gasteiger partial charge in [0.2, 0.25) is 5.69 Å². The number of nitrogens with zero attached hydrogens (tertiary/aromatic N) is 3. The van der Waals surface area contributed by atoms with Crippen LogP contribution in [0.15, 0.2) is 33.9 Å². The predicted molar refractivity (Wildman–Crippen MR) is 96.3 cm³/mol. The molecule has 0 saturated carbocycles. The summed E-state index contributed by atoms with van der Waals surface area (Å²) in [5.74, 6) is -0.564. The number of aromatic nitrogens is 3. The van der Waals surface area contributed by atoms with E-state index in [1.165, 1.54) is 0 Å². The lowest BCUT2D eigenvalue weighted by molar-refractivity contribution is 0.0929. The first-order chi connectivity index (χ1) is 11.9. The number of aryl methyl sites for hydroxylation is 1. The zero-order chi connectivity index (χ0) is 18.6. The lowest BCUT2D eigenvalue weighted by atomic mass is 10.2. The molecule has 1 aromatic carbocycles. The topological polar surface area (TPSA) is 86.0 Å². The van der Waals surface area contributed by atoms with Crippen LogP contribution in [0.4, 0.5) is 0 Å². The number of rotatable bonds is 6. The van der Waals surface area contributed by atoms with Gasteiger partial charge in [-0.25, -0.2) is 4.79 Å². The van der Waals surface area contributed by atoms with Crippen molar-refractivity contribution in [1.82, 2.24) is 19.7 Å². The van der Waals surface area contributed by atoms with Gasteiger partial charge in [-0.3, -0.25) is 14.2 Å². The molecule has 0 spiro atoms. The van der Waals surface area contributed by atoms with Crippen LogP contribution < -0.4 is 16.6 Å². The van der Waals surface area contributed by atoms with E-state index in [2.05, 4.69) is 10.4 Å². The van der Waals surface area contributed by atoms with Gasteiger partial charge in [0.15, 0.2) is 0 Å². The van der Waals surface area contributed by atoms with Crippen molar-refractivity contribution in [3.8, 4) is 5.69 Å². The van der Waals surface area contributed by atoms with Crippen LogP contribution in [0.1, 0.15) is 49.7 Å². The Kier molecular flexibility index (Phi) is 5.90. The van der Waals surface area contributed by atoms with Crippen molar-refractivity contribution >= 4 is 5.91 Å². The molecule has 2 aromatic rings. The number of carbonyl (C=O) groups excluding carboxylic acids is 1. The zero-order valence-corrected chi connectivity index (χ0v) is 15.1. The molecule has 0 aliphatic heterocycles. The number of hydrogen-bond donors (Lipinski definition) is 1. The van der Waals surface area contributed by atoms with Crippen molar-refractivity contribution in [3.05, 3.63) is 56.4 Å². The first-order valence-electron chi connectivity index (χ1n) is 8.51. The molecular weight excluding hydrogens is 320 g/mol. The van der Waals surface area contributed by atoms with Crippen molar-refractivity contribution in [2.45, 2.75) is 53.1 Å². The van der Waals surface area contributed by atoms with Crippen molar-refractivity contribution in [3.63, 3.8) is 0 Å². The summed E-state index contributed by atoms with van der Waals surface area (Å²) in [5, 5.41) is 6.81. The third-order valence-corrected chi connectivity index (χ3v) is 3.96. The van der Waals surface area contributed by atoms with Gasteiger partial charge in [-0.15, -0.1) is 0 Å². The van der Waals surface area contributed by atoms with Gasteiger partial charge in [0, 0.05) is 12.6 Å². The highest BCUT2D eigenvalue weighted by Gasteiger charge is 2.20. The Hall–Kier alpha value is -2.70. The molecule has 0 radical (unpaired) electrons. The Labute approximate surface area is 146 Å². The minimum Gasteiger partial charge on any atom is -0.348 e. The third-order valence-electron chi connectivity index (χ3n) is 3.96. The highest BCUT2D eigenvalue weighted by molar-refractivity contribution is 5.91. The number of amides is 1. The summed E-state index contributed by atoms with van der Waals surface area (Å²) >= 11 is 0. The number of nitrogens with one attached hydrogen (secondary N) is 1. The number of carbonyl (C=O) groups is 1. The molecule has 1 N–H and O–H groups in total. The van der Waals surface area contributed by atoms with Crippen molar-refractivity contribution in [1.29, 1.82) is 0 Å². The largest absolute Gasteiger partial charge is 0.352 e. The molecule has 0 aliphatic carbocycles. The van der Waals surface area contributed by atoms with Crippen LogP contribution in [-0.2, 0) is 6.54 Å². The number of benzene rings is 1. The van der Waals surface area contributed by atoms with Gasteiger partial charge in [-0.1, -0.05) is 26.0 Å². The highest BCUT2D eigenvalue weighted by Crippen LogP contribution is 2.06. The molecule has 0 fully saturated rings. The first-order valence-corrected chi connectivity index (χ1v) is 8.51. The fourth-order valence-electron chi connectivity index (χ4n) is 2.40. The van der Waals surface area contributed by atoms with Crippen LogP contribution >= 0.6 is 0 Å². The zero-order valence-electron chi connectivity index (χ0n) is 15.1. The SMILES string of the molecule is CCCn1c(=O)c(C(=O)NC(C)CC)nn(-c2cccc(C)c2)c1=O. The second kappa shape index (κ2) is 7.92. The summed E-state index contributed by atoms with van der Waals surface area (Å²) in [7, 11) is 0. The van der Waals surface area contributed by atoms with E-state index in [-0.39, 0.29) is 18.3 Å². The Morgan fingerprint density at radius 2 is 2.00 bits per heavy atom. The van der Waals surface area contributed by atoms with Crippen molar-refractivity contribution < 1.29 is 4.79 Å². The molecule has 7 nitrogen and oxygen atoms in total. The van der Waals surface area contributed by atoms with Crippen LogP contribution in [0.3, 0.4) is 0 Å². The fraction of sp³-hybridized carbons (Fsp3) is 0.444. The van der Waals surface area contributed by atoms with E-state index in [0.717, 1.165) is 21.2 Å². The van der Waals surface area contributed by atoms with Gasteiger partial charge < -0.3 is 5.32 Å². The van der Waals surface area contributed by atoms with Gasteiger partial charge in [0.25, 0.3) is 11.5 Å². The standard InChI is InChI=1S/C18H24N4O3/c1-5-10-21-17(24)15(16(23)19-13(4)6-2)20-22(18(21)25)14-9-7-8-12(3)11-14/h7-9,11,13H,5-6,10H2,1-4H3,(H,19,23). The van der Waals surface area contributed by atoms with Gasteiger partial charge in [-0.2, -0.15) is 9.78 Å². The summed E-state index contributed by atoms with van der Waals surface area (Å²) in [4.78, 5) is 37.7. The predicted octanol–water partition coefficient (Wildman–Crippen LogP) is 1.64. The highest BCUT2D eigenvalue weighted by atomic mass is 16.2. The summed E-state index contributed by atoms with van der Waals surface area (Å²) in [6, 6.07) is 7.11. The maximum atomic E-state index is 12.7. The van der Waals surface area contributed by atoms with E-state index in [0.29, 0.717) is 12.1 Å². The molecule has 0 aliphatic rings. The van der Waals surface area contributed by atoms with Crippen LogP contribution in [0, 0.1) is 6.92 Å². The lowest BCUT2D eigenvalue weighted by Gasteiger charge is -2.14. The Balaban J connectivity index is 2.66. The summed E-state index contributed by atoms with van der Waals surface area (Å²) < 4.78 is 2.19. The second-order valence-corrected chi connectivity index (χ2v) is 6.12. The van der Waals surface area contributed by atoms with Crippen LogP contribution in [0.2, 0.25) is 0 Å². The minimum atomic E-state index is -0.656. The van der Waals surface area contributed by atoms with Gasteiger partial charge in [0.05, 0.1) is 5.69 Å². The van der Waals surface area contributed by atoms with E-state index >= 15 is 0 Å². The molecule has 2 rings (SSSR count). The maximum absolute atomic E-state index is 12.7. The van der Waals surface area contributed by atoms with Crippen LogP contribution in [0.25, 0.3) is 5.69 Å². The molecule has 1 aromatic heterocycles. The van der Waals surface area contributed by atoms with Crippen LogP contribution in [-0.4, -0.2) is 26.3 Å². The molecule has 25 heavy (non-hydrogen) atoms. The van der Waals surface area contributed by atoms with E-state index < -0.39 is 17.2 Å². The molecule has 134 valence electrons. The Bertz CT molecular complexity index is 883. The Morgan fingerprint density at radius 3 is 2.60 bits per heavy atom. The Morgan fingerprint density at radius 1 is 1.28 bits per heavy atom. The molecule has 1 amide bonds. The second-order valence-electron chi connectivity index (χ2n) is 6.12. The molecule has 0 saturated heterocycles.